The van der Waals surface area contributed by atoms with Crippen molar-refractivity contribution in [1.29, 1.82) is 0 Å². The highest BCUT2D eigenvalue weighted by Gasteiger charge is 2.55. The second-order valence-corrected chi connectivity index (χ2v) is 39.5. The minimum atomic E-state index is -4.12. The van der Waals surface area contributed by atoms with Gasteiger partial charge in [-0.2, -0.15) is 0 Å². The highest BCUT2D eigenvalue weighted by Crippen LogP contribution is 2.54. The van der Waals surface area contributed by atoms with Gasteiger partial charge in [-0.1, -0.05) is 43.7 Å². The Balaban J connectivity index is 0.571. The van der Waals surface area contributed by atoms with Gasteiger partial charge in [0, 0.05) is 150 Å². The third-order valence-electron chi connectivity index (χ3n) is 27.7. The number of ether oxygens (including phenoxy) is 2. The van der Waals surface area contributed by atoms with Crippen LogP contribution in [0.15, 0.2) is 166 Å². The number of rotatable bonds is 35. The number of carbonyl (C=O) groups excluding carboxylic acids is 4. The average molecular weight is 1690 g/mol. The summed E-state index contributed by atoms with van der Waals surface area (Å²) in [5, 5.41) is 12.2. The Labute approximate surface area is 709 Å². The molecule has 4 N–H and O–H groups in total. The van der Waals surface area contributed by atoms with Crippen molar-refractivity contribution in [2.75, 3.05) is 217 Å². The Morgan fingerprint density at radius 2 is 0.967 bits per heavy atom. The summed E-state index contributed by atoms with van der Waals surface area (Å²) in [6.45, 7) is 20.2. The van der Waals surface area contributed by atoms with Crippen LogP contribution in [-0.4, -0.2) is 269 Å². The maximum Gasteiger partial charge on any atom is 0.407 e. The molecule has 24 nitrogen and oxygen atoms in total. The molecule has 8 aliphatic rings. The second kappa shape index (κ2) is 38.4. The Kier molecular flexibility index (Phi) is 28.0. The molecule has 2 saturated carbocycles. The highest BCUT2D eigenvalue weighted by molar-refractivity contribution is 7.91. The van der Waals surface area contributed by atoms with E-state index in [-0.39, 0.29) is 90.0 Å². The van der Waals surface area contributed by atoms with Gasteiger partial charge in [-0.05, 0) is 288 Å². The van der Waals surface area contributed by atoms with E-state index in [1.165, 1.54) is 38.5 Å². The van der Waals surface area contributed by atoms with E-state index in [1.54, 1.807) is 67.7 Å². The van der Waals surface area contributed by atoms with Crippen LogP contribution in [0.1, 0.15) is 88.2 Å². The van der Waals surface area contributed by atoms with Crippen LogP contribution < -0.4 is 40.9 Å². The molecule has 0 bridgehead atoms. The van der Waals surface area contributed by atoms with E-state index in [9.17, 15) is 36.0 Å². The van der Waals surface area contributed by atoms with Crippen molar-refractivity contribution in [1.82, 2.24) is 40.0 Å². The van der Waals surface area contributed by atoms with E-state index in [2.05, 4.69) is 69.4 Å². The summed E-state index contributed by atoms with van der Waals surface area (Å²) in [7, 11) is 4.09. The molecule has 648 valence electrons. The number of methoxy groups -OCH3 is 2. The molecule has 4 amide bonds. The van der Waals surface area contributed by atoms with Gasteiger partial charge in [0.25, 0.3) is 0 Å². The zero-order chi connectivity index (χ0) is 84.6. The van der Waals surface area contributed by atoms with E-state index in [0.29, 0.717) is 61.0 Å². The molecule has 14 rings (SSSR count). The first-order valence-electron chi connectivity index (χ1n) is 43.3. The summed E-state index contributed by atoms with van der Waals surface area (Å²) >= 11 is 0. The van der Waals surface area contributed by atoms with E-state index >= 15 is 8.78 Å². The van der Waals surface area contributed by atoms with Crippen LogP contribution in [-0.2, 0) is 49.6 Å². The molecule has 8 fully saturated rings. The van der Waals surface area contributed by atoms with Crippen LogP contribution in [0.5, 0.6) is 0 Å². The maximum absolute atomic E-state index is 15.3. The fourth-order valence-corrected chi connectivity index (χ4v) is 23.6. The van der Waals surface area contributed by atoms with Crippen LogP contribution in [0.2, 0.25) is 0 Å². The standard InChI is InChI=1S/C92H124F2N14O10S2/c1-9-87(109)95-73-52-76(54-80(53-73)120(115,116)78-30-26-75(27-31-78)108-60-66(61-108)57-104-44-36-68(37-45-104)92(64-106-40-15-41-106,70-17-11-19-72(94)51-70)82-21-13-23-84(82)98-90(112)118-8)101(5)49-47-100(4)62-88(110)96-85-55-79(32-33-86(85)102(6)48-46-99(2)3)119(113,114)77-28-24-74(25-29-77)107-58-65(59-107)56-103-42-34-67(35-43-103)91(63-105-38-14-39-105,69-16-10-18-71(93)50-69)81-20-12-22-83(81)97-89(111)117-7/h9-11,16-19,24-33,50-55,65-68,81-84H,1,12-15,20-23,34-49,56-64H2,2-8H3,(H,95,109)(H,96,110)(H,97,111)(H,98,112)/t81-,82-,83-,84-,91?,92?/m0/s1. The summed E-state index contributed by atoms with van der Waals surface area (Å²) in [6.07, 6.45) is 12.1. The van der Waals surface area contributed by atoms with Crippen molar-refractivity contribution in [3.05, 3.63) is 169 Å². The van der Waals surface area contributed by atoms with E-state index in [1.807, 2.05) is 84.2 Å². The van der Waals surface area contributed by atoms with Gasteiger partial charge in [0.1, 0.15) is 11.6 Å². The summed E-state index contributed by atoms with van der Waals surface area (Å²) in [5.41, 5.74) is 5.00. The molecule has 2 aliphatic carbocycles. The number of alkyl carbamates (subject to hydrolysis) is 2. The normalized spacial score (nSPS) is 21.7. The van der Waals surface area contributed by atoms with Crippen LogP contribution in [0, 0.1) is 47.1 Å². The fraction of sp³-hybridized carbons (Fsp3) is 0.543. The average Bonchev–Trinajstić information content (AvgIpc) is 1.22. The number of halogens is 2. The predicted octanol–water partition coefficient (Wildman–Crippen LogP) is 11.4. The molecule has 6 aliphatic heterocycles. The van der Waals surface area contributed by atoms with E-state index < -0.39 is 37.8 Å². The first-order chi connectivity index (χ1) is 57.7. The molecule has 0 spiro atoms. The number of amides is 4. The molecule has 0 aromatic heterocycles. The largest absolute Gasteiger partial charge is 0.453 e. The quantitative estimate of drug-likeness (QED) is 0.0271. The van der Waals surface area contributed by atoms with Crippen LogP contribution in [0.3, 0.4) is 0 Å². The Morgan fingerprint density at radius 1 is 0.500 bits per heavy atom. The van der Waals surface area contributed by atoms with Gasteiger partial charge in [-0.15, -0.1) is 0 Å². The number of carbonyl (C=O) groups is 4. The zero-order valence-electron chi connectivity index (χ0n) is 71.1. The minimum absolute atomic E-state index is 0.0184. The lowest BCUT2D eigenvalue weighted by Crippen LogP contribution is -2.60. The van der Waals surface area contributed by atoms with Gasteiger partial charge in [0.05, 0.1) is 51.7 Å². The number of hydrogen-bond donors (Lipinski definition) is 4. The molecule has 6 atom stereocenters. The van der Waals surface area contributed by atoms with Gasteiger partial charge in [0.15, 0.2) is 0 Å². The lowest BCUT2D eigenvalue weighted by atomic mass is 9.57. The first kappa shape index (κ1) is 87.6. The van der Waals surface area contributed by atoms with Crippen molar-refractivity contribution in [2.24, 2.45) is 35.5 Å². The second-order valence-electron chi connectivity index (χ2n) is 35.6. The maximum atomic E-state index is 15.3. The van der Waals surface area contributed by atoms with Gasteiger partial charge in [-0.25, -0.2) is 35.2 Å². The molecule has 2 unspecified atom stereocenters. The monoisotopic (exact) mass is 1690 g/mol. The van der Waals surface area contributed by atoms with E-state index in [4.69, 9.17) is 9.47 Å². The molecule has 28 heteroatoms. The molecular formula is C92H124F2N14O10S2. The SMILES string of the molecule is C=CC(=O)Nc1cc(N(C)CCN(C)CC(=O)Nc2cc(S(=O)(=O)c3ccc(N4CC(CN5CCC(C(CN6CCC6)(c6cccc(F)c6)[C@H]6CCC[C@@H]6NC(=O)OC)CC5)C4)cc3)ccc2N(C)CCN(C)C)cc(S(=O)(=O)c2ccc(N3CC(CN4CCC(C(CN5CCC5)(c5cccc(F)c5)[C@H]5CCC[C@@H]5NC(=O)OC)CC4)C3)cc2)c1. The number of likely N-dealkylation sites (N-methyl/N-ethyl adjacent to an activating group) is 4. The Hall–Kier alpha value is -8.74. The third-order valence-corrected chi connectivity index (χ3v) is 31.2. The summed E-state index contributed by atoms with van der Waals surface area (Å²) in [4.78, 5) is 75.2. The van der Waals surface area contributed by atoms with Gasteiger partial charge < -0.3 is 74.8 Å². The highest BCUT2D eigenvalue weighted by atomic mass is 32.2. The predicted molar refractivity (Wildman–Crippen MR) is 468 cm³/mol. The van der Waals surface area contributed by atoms with Crippen molar-refractivity contribution in [3.8, 4) is 0 Å². The Bertz CT molecular complexity index is 4800. The zero-order valence-corrected chi connectivity index (χ0v) is 72.7. The lowest BCUT2D eigenvalue weighted by Gasteiger charge is -2.54. The summed E-state index contributed by atoms with van der Waals surface area (Å²) in [5.74, 6) is 0.350. The number of likely N-dealkylation sites (tertiary alicyclic amines) is 4. The molecule has 120 heavy (non-hydrogen) atoms. The lowest BCUT2D eigenvalue weighted by molar-refractivity contribution is -0.117. The minimum Gasteiger partial charge on any atom is -0.453 e. The number of hydrogen-bond acceptors (Lipinski definition) is 20. The van der Waals surface area contributed by atoms with Gasteiger partial charge >= 0.3 is 12.2 Å². The molecule has 6 aromatic carbocycles. The summed E-state index contributed by atoms with van der Waals surface area (Å²) < 4.78 is 99.5. The van der Waals surface area contributed by atoms with Crippen molar-refractivity contribution >= 4 is 77.8 Å². The fourth-order valence-electron chi connectivity index (χ4n) is 21.0. The molecule has 0 radical (unpaired) electrons. The van der Waals surface area contributed by atoms with Crippen molar-refractivity contribution in [3.63, 3.8) is 0 Å². The summed E-state index contributed by atoms with van der Waals surface area (Å²) in [6, 6.07) is 38.0. The molecule has 6 saturated heterocycles. The third kappa shape index (κ3) is 19.8. The molecular weight excluding hydrogens is 1560 g/mol. The Morgan fingerprint density at radius 3 is 1.41 bits per heavy atom. The topological polar surface area (TPSA) is 236 Å². The number of sulfone groups is 2. The number of anilines is 6. The van der Waals surface area contributed by atoms with Crippen LogP contribution in [0.4, 0.5) is 52.5 Å². The van der Waals surface area contributed by atoms with Gasteiger partial charge in [-0.3, -0.25) is 14.5 Å². The molecule has 6 aromatic rings. The van der Waals surface area contributed by atoms with Crippen LogP contribution in [0.25, 0.3) is 0 Å². The molecule has 6 heterocycles. The number of nitrogens with zero attached hydrogens (tertiary/aromatic N) is 10. The first-order valence-corrected chi connectivity index (χ1v) is 46.3. The number of nitrogens with one attached hydrogen (secondary N) is 4. The van der Waals surface area contributed by atoms with Crippen molar-refractivity contribution in [2.45, 2.75) is 120 Å². The number of benzene rings is 6. The smallest absolute Gasteiger partial charge is 0.407 e. The van der Waals surface area contributed by atoms with Crippen LogP contribution >= 0.6 is 0 Å². The van der Waals surface area contributed by atoms with E-state index in [0.717, 1.165) is 210 Å². The van der Waals surface area contributed by atoms with Gasteiger partial charge in [0.2, 0.25) is 31.5 Å². The number of piperidine rings is 2. The van der Waals surface area contributed by atoms with Crippen molar-refractivity contribution < 1.29 is 54.3 Å².